The number of likely N-dealkylation sites (N-methyl/N-ethyl adjacent to an activating group) is 1. The number of fused-ring (bicyclic) bond motifs is 1. The molecule has 5 rings (SSSR count). The zero-order chi connectivity index (χ0) is 20.0. The first-order valence-corrected chi connectivity index (χ1v) is 10.3. The summed E-state index contributed by atoms with van der Waals surface area (Å²) in [6, 6.07) is 12.5. The average molecular weight is 397 g/mol. The van der Waals surface area contributed by atoms with Crippen LogP contribution in [0.1, 0.15) is 35.6 Å². The van der Waals surface area contributed by atoms with E-state index in [1.807, 2.05) is 23.1 Å². The predicted octanol–water partition coefficient (Wildman–Crippen LogP) is 3.76. The molecule has 6 heteroatoms. The summed E-state index contributed by atoms with van der Waals surface area (Å²) in [6.45, 7) is 3.17. The molecule has 0 saturated carbocycles. The van der Waals surface area contributed by atoms with E-state index >= 15 is 0 Å². The van der Waals surface area contributed by atoms with E-state index in [0.29, 0.717) is 24.7 Å². The van der Waals surface area contributed by atoms with E-state index in [1.54, 1.807) is 12.1 Å². The molecule has 1 spiro atoms. The van der Waals surface area contributed by atoms with E-state index in [4.69, 9.17) is 9.73 Å². The summed E-state index contributed by atoms with van der Waals surface area (Å²) < 4.78 is 35.4. The lowest BCUT2D eigenvalue weighted by Crippen LogP contribution is -2.51. The Bertz CT molecular complexity index is 963. The highest BCUT2D eigenvalue weighted by Crippen LogP contribution is 2.39. The Morgan fingerprint density at radius 1 is 1.07 bits per heavy atom. The van der Waals surface area contributed by atoms with E-state index in [2.05, 4.69) is 18.0 Å². The predicted molar refractivity (Wildman–Crippen MR) is 108 cm³/mol. The smallest absolute Gasteiger partial charge is 0.288 e. The van der Waals surface area contributed by atoms with Gasteiger partial charge in [0.2, 0.25) is 0 Å². The minimum absolute atomic E-state index is 0.301. The highest BCUT2D eigenvalue weighted by atomic mass is 19.2. The van der Waals surface area contributed by atoms with Crippen molar-refractivity contribution in [1.29, 1.82) is 0 Å². The van der Waals surface area contributed by atoms with E-state index in [1.165, 1.54) is 0 Å². The minimum atomic E-state index is -0.829. The van der Waals surface area contributed by atoms with Crippen LogP contribution in [-0.2, 0) is 11.2 Å². The number of nitrogens with zero attached hydrogens (tertiary/aromatic N) is 3. The van der Waals surface area contributed by atoms with Crippen LogP contribution in [-0.4, -0.2) is 54.6 Å². The molecule has 0 amide bonds. The summed E-state index contributed by atoms with van der Waals surface area (Å²) in [6.07, 6.45) is 2.86. The first kappa shape index (κ1) is 18.6. The van der Waals surface area contributed by atoms with Gasteiger partial charge in [-0.25, -0.2) is 13.8 Å². The van der Waals surface area contributed by atoms with Crippen molar-refractivity contribution in [2.75, 3.05) is 33.2 Å². The number of amidine groups is 1. The van der Waals surface area contributed by atoms with Crippen molar-refractivity contribution in [3.63, 3.8) is 0 Å². The summed E-state index contributed by atoms with van der Waals surface area (Å²) in [4.78, 5) is 9.04. The zero-order valence-corrected chi connectivity index (χ0v) is 16.6. The Morgan fingerprint density at radius 2 is 1.90 bits per heavy atom. The van der Waals surface area contributed by atoms with Gasteiger partial charge in [-0.2, -0.15) is 0 Å². The SMILES string of the molecule is CN1CCC[C@@]2(CN=C(N3CCc4ccccc4[C@H]3c3cccc(F)c3F)O2)C1. The van der Waals surface area contributed by atoms with Gasteiger partial charge in [0.05, 0.1) is 12.6 Å². The van der Waals surface area contributed by atoms with Crippen LogP contribution in [0.3, 0.4) is 0 Å². The van der Waals surface area contributed by atoms with E-state index in [-0.39, 0.29) is 5.60 Å². The van der Waals surface area contributed by atoms with Crippen molar-refractivity contribution in [3.05, 3.63) is 70.8 Å². The third-order valence-corrected chi connectivity index (χ3v) is 6.35. The zero-order valence-electron chi connectivity index (χ0n) is 16.6. The highest BCUT2D eigenvalue weighted by Gasteiger charge is 2.44. The number of hydrogen-bond donors (Lipinski definition) is 0. The first-order chi connectivity index (χ1) is 14.1. The number of rotatable bonds is 1. The maximum Gasteiger partial charge on any atom is 0.288 e. The fourth-order valence-corrected chi connectivity index (χ4v) is 4.99. The molecule has 1 fully saturated rings. The van der Waals surface area contributed by atoms with Crippen LogP contribution in [0.15, 0.2) is 47.5 Å². The number of hydrogen-bond acceptors (Lipinski definition) is 4. The maximum atomic E-state index is 14.9. The van der Waals surface area contributed by atoms with Crippen molar-refractivity contribution < 1.29 is 13.5 Å². The van der Waals surface area contributed by atoms with Crippen LogP contribution >= 0.6 is 0 Å². The second-order valence-electron chi connectivity index (χ2n) is 8.41. The summed E-state index contributed by atoms with van der Waals surface area (Å²) in [5.74, 6) is -1.63. The van der Waals surface area contributed by atoms with Gasteiger partial charge >= 0.3 is 0 Å². The maximum absolute atomic E-state index is 14.9. The van der Waals surface area contributed by atoms with Crippen LogP contribution in [0.4, 0.5) is 8.78 Å². The van der Waals surface area contributed by atoms with Gasteiger partial charge in [0, 0.05) is 18.7 Å². The van der Waals surface area contributed by atoms with Crippen LogP contribution in [0.2, 0.25) is 0 Å². The fourth-order valence-electron chi connectivity index (χ4n) is 4.99. The molecule has 4 nitrogen and oxygen atoms in total. The topological polar surface area (TPSA) is 28.1 Å². The van der Waals surface area contributed by atoms with E-state index < -0.39 is 17.7 Å². The standard InChI is InChI=1S/C23H25F2N3O/c1-27-12-5-11-23(15-27)14-26-22(29-23)28-13-10-16-6-2-3-7-17(16)21(28)18-8-4-9-19(24)20(18)25/h2-4,6-9,21H,5,10-15H2,1H3/t21-,23+/m0/s1. The van der Waals surface area contributed by atoms with Gasteiger partial charge in [0.25, 0.3) is 6.02 Å². The summed E-state index contributed by atoms with van der Waals surface area (Å²) in [7, 11) is 2.10. The van der Waals surface area contributed by atoms with Crippen molar-refractivity contribution >= 4 is 6.02 Å². The van der Waals surface area contributed by atoms with Crippen molar-refractivity contribution in [2.45, 2.75) is 30.9 Å². The molecule has 0 unspecified atom stereocenters. The van der Waals surface area contributed by atoms with Gasteiger partial charge in [0.15, 0.2) is 11.6 Å². The summed E-state index contributed by atoms with van der Waals surface area (Å²) in [5, 5.41) is 0. The molecule has 2 atom stereocenters. The Hall–Kier alpha value is -2.47. The number of ether oxygens (including phenoxy) is 1. The largest absolute Gasteiger partial charge is 0.455 e. The molecule has 0 bridgehead atoms. The van der Waals surface area contributed by atoms with Crippen LogP contribution in [0, 0.1) is 11.6 Å². The van der Waals surface area contributed by atoms with E-state index in [9.17, 15) is 8.78 Å². The normalized spacial score (nSPS) is 26.9. The Balaban J connectivity index is 1.53. The van der Waals surface area contributed by atoms with Gasteiger partial charge < -0.3 is 14.5 Å². The number of benzene rings is 2. The van der Waals surface area contributed by atoms with Gasteiger partial charge in [0.1, 0.15) is 5.60 Å². The molecule has 2 aromatic rings. The fraction of sp³-hybridized carbons (Fsp3) is 0.435. The van der Waals surface area contributed by atoms with Gasteiger partial charge in [-0.15, -0.1) is 0 Å². The summed E-state index contributed by atoms with van der Waals surface area (Å²) >= 11 is 0. The molecule has 0 N–H and O–H groups in total. The average Bonchev–Trinajstić information content (AvgIpc) is 3.12. The van der Waals surface area contributed by atoms with Crippen LogP contribution < -0.4 is 0 Å². The number of piperidine rings is 1. The van der Waals surface area contributed by atoms with Gasteiger partial charge in [-0.3, -0.25) is 0 Å². The molecule has 1 saturated heterocycles. The van der Waals surface area contributed by atoms with Crippen molar-refractivity contribution in [1.82, 2.24) is 9.80 Å². The Kier molecular flexibility index (Phi) is 4.54. The molecule has 3 aliphatic rings. The molecule has 152 valence electrons. The molecule has 29 heavy (non-hydrogen) atoms. The summed E-state index contributed by atoms with van der Waals surface area (Å²) in [5.41, 5.74) is 2.16. The molecular weight excluding hydrogens is 372 g/mol. The van der Waals surface area contributed by atoms with Crippen LogP contribution in [0.5, 0.6) is 0 Å². The second-order valence-corrected chi connectivity index (χ2v) is 8.41. The second kappa shape index (κ2) is 7.10. The molecule has 0 radical (unpaired) electrons. The van der Waals surface area contributed by atoms with Crippen molar-refractivity contribution in [3.8, 4) is 0 Å². The van der Waals surface area contributed by atoms with Crippen molar-refractivity contribution in [2.24, 2.45) is 4.99 Å². The number of halogens is 2. The third-order valence-electron chi connectivity index (χ3n) is 6.35. The quantitative estimate of drug-likeness (QED) is 0.734. The minimum Gasteiger partial charge on any atom is -0.455 e. The number of aliphatic imine (C=N–C) groups is 1. The lowest BCUT2D eigenvalue weighted by Gasteiger charge is -2.41. The highest BCUT2D eigenvalue weighted by molar-refractivity contribution is 5.78. The van der Waals surface area contributed by atoms with Gasteiger partial charge in [-0.1, -0.05) is 36.4 Å². The molecule has 0 aliphatic carbocycles. The lowest BCUT2D eigenvalue weighted by molar-refractivity contribution is 0.000177. The van der Waals surface area contributed by atoms with E-state index in [0.717, 1.165) is 49.5 Å². The molecule has 3 aliphatic heterocycles. The third kappa shape index (κ3) is 3.19. The molecule has 2 aromatic carbocycles. The molecular formula is C23H25F2N3O. The molecule has 3 heterocycles. The molecule has 0 aromatic heterocycles. The van der Waals surface area contributed by atoms with Gasteiger partial charge in [-0.05, 0) is 50.0 Å². The monoisotopic (exact) mass is 397 g/mol. The first-order valence-electron chi connectivity index (χ1n) is 10.3. The Labute approximate surface area is 169 Å². The number of likely N-dealkylation sites (tertiary alicyclic amines) is 1. The Morgan fingerprint density at radius 3 is 2.76 bits per heavy atom. The van der Waals surface area contributed by atoms with Crippen LogP contribution in [0.25, 0.3) is 0 Å². The lowest BCUT2D eigenvalue weighted by atomic mass is 9.88.